The maximum absolute atomic E-state index is 10.8. The van der Waals surface area contributed by atoms with E-state index in [0.717, 1.165) is 19.6 Å². The Balaban J connectivity index is 1.58. The van der Waals surface area contributed by atoms with Crippen LogP contribution in [0.15, 0.2) is 30.3 Å². The van der Waals surface area contributed by atoms with Crippen molar-refractivity contribution in [3.8, 4) is 0 Å². The lowest BCUT2D eigenvalue weighted by Gasteiger charge is -2.20. The largest absolute Gasteiger partial charge is 0.481 e. The Labute approximate surface area is 115 Å². The van der Waals surface area contributed by atoms with Crippen LogP contribution in [0.2, 0.25) is 0 Å². The molecule has 1 saturated carbocycles. The number of halogens is 1. The van der Waals surface area contributed by atoms with Gasteiger partial charge in [-0.25, -0.2) is 0 Å². The van der Waals surface area contributed by atoms with Crippen LogP contribution in [-0.4, -0.2) is 33.4 Å². The summed E-state index contributed by atoms with van der Waals surface area (Å²) in [6, 6.07) is 10.4. The summed E-state index contributed by atoms with van der Waals surface area (Å²) in [5.41, 5.74) is 1.32. The van der Waals surface area contributed by atoms with Gasteiger partial charge in [0.1, 0.15) is 0 Å². The average Bonchev–Trinajstić information content (AvgIpc) is 2.68. The molecule has 1 saturated heterocycles. The monoisotopic (exact) mass is 309 g/mol. The van der Waals surface area contributed by atoms with Gasteiger partial charge in [-0.05, 0) is 17.4 Å². The fourth-order valence-electron chi connectivity index (χ4n) is 3.23. The number of hydrogen-bond acceptors (Lipinski definition) is 2. The number of fused-ring (bicyclic) bond motifs is 1. The van der Waals surface area contributed by atoms with Gasteiger partial charge in [0, 0.05) is 30.4 Å². The van der Waals surface area contributed by atoms with Crippen molar-refractivity contribution < 1.29 is 9.90 Å². The van der Waals surface area contributed by atoms with Crippen LogP contribution in [0.3, 0.4) is 0 Å². The molecule has 3 unspecified atom stereocenters. The number of nitrogens with zero attached hydrogens (tertiary/aromatic N) is 1. The molecule has 0 bridgehead atoms. The summed E-state index contributed by atoms with van der Waals surface area (Å²) in [4.78, 5) is 13.2. The van der Waals surface area contributed by atoms with E-state index >= 15 is 0 Å². The molecule has 0 radical (unpaired) electrons. The minimum absolute atomic E-state index is 0.0696. The normalized spacial score (nSPS) is 34.3. The van der Waals surface area contributed by atoms with Crippen molar-refractivity contribution in [3.63, 3.8) is 0 Å². The number of rotatable bonds is 4. The van der Waals surface area contributed by atoms with E-state index in [0.29, 0.717) is 18.3 Å². The van der Waals surface area contributed by atoms with Crippen molar-refractivity contribution in [3.05, 3.63) is 35.9 Å². The van der Waals surface area contributed by atoms with E-state index in [1.807, 2.05) is 6.07 Å². The van der Waals surface area contributed by atoms with E-state index in [1.54, 1.807) is 0 Å². The van der Waals surface area contributed by atoms with Crippen LogP contribution in [0.5, 0.6) is 0 Å². The molecule has 1 aromatic rings. The van der Waals surface area contributed by atoms with Crippen LogP contribution in [0, 0.1) is 11.8 Å². The summed E-state index contributed by atoms with van der Waals surface area (Å²) < 4.78 is 0.0696. The first-order chi connectivity index (χ1) is 8.59. The summed E-state index contributed by atoms with van der Waals surface area (Å²) in [6.07, 6.45) is 0.301. The number of piperidine rings is 1. The Hall–Kier alpha value is -0.870. The molecule has 1 heterocycles. The SMILES string of the molecule is O=C(O)CC1C2CN(Cc3ccccc3)CC12Br. The Morgan fingerprint density at radius 2 is 2.17 bits per heavy atom. The van der Waals surface area contributed by atoms with Crippen LogP contribution in [-0.2, 0) is 11.3 Å². The first-order valence-corrected chi connectivity index (χ1v) is 7.06. The molecule has 4 heteroatoms. The molecule has 3 atom stereocenters. The van der Waals surface area contributed by atoms with Gasteiger partial charge < -0.3 is 5.11 Å². The highest BCUT2D eigenvalue weighted by atomic mass is 79.9. The minimum atomic E-state index is -0.678. The molecule has 18 heavy (non-hydrogen) atoms. The van der Waals surface area contributed by atoms with Gasteiger partial charge in [-0.2, -0.15) is 0 Å². The first kappa shape index (κ1) is 12.2. The van der Waals surface area contributed by atoms with Gasteiger partial charge in [-0.1, -0.05) is 46.3 Å². The van der Waals surface area contributed by atoms with Crippen molar-refractivity contribution in [1.82, 2.24) is 4.90 Å². The van der Waals surface area contributed by atoms with Gasteiger partial charge in [0.25, 0.3) is 0 Å². The van der Waals surface area contributed by atoms with E-state index in [-0.39, 0.29) is 4.32 Å². The average molecular weight is 310 g/mol. The minimum Gasteiger partial charge on any atom is -0.481 e. The second-order valence-corrected chi connectivity index (χ2v) is 6.87. The van der Waals surface area contributed by atoms with Crippen LogP contribution >= 0.6 is 15.9 Å². The van der Waals surface area contributed by atoms with E-state index < -0.39 is 5.97 Å². The summed E-state index contributed by atoms with van der Waals surface area (Å²) in [5.74, 6) is 0.155. The highest BCUT2D eigenvalue weighted by molar-refractivity contribution is 9.10. The van der Waals surface area contributed by atoms with Crippen LogP contribution < -0.4 is 0 Å². The second kappa shape index (κ2) is 4.35. The van der Waals surface area contributed by atoms with Gasteiger partial charge >= 0.3 is 5.97 Å². The molecule has 0 spiro atoms. The number of benzene rings is 1. The molecule has 3 rings (SSSR count). The summed E-state index contributed by atoms with van der Waals surface area (Å²) in [6.45, 7) is 2.94. The Morgan fingerprint density at radius 3 is 2.72 bits per heavy atom. The standard InChI is InChI=1S/C14H16BrNO2/c15-14-9-16(7-10-4-2-1-3-5-10)8-12(14)11(14)6-13(17)18/h1-5,11-12H,6-9H2,(H,17,18). The van der Waals surface area contributed by atoms with E-state index in [9.17, 15) is 4.79 Å². The fourth-order valence-corrected chi connectivity index (χ4v) is 4.39. The van der Waals surface area contributed by atoms with E-state index in [4.69, 9.17) is 5.11 Å². The number of aliphatic carboxylic acids is 1. The summed E-state index contributed by atoms with van der Waals surface area (Å²) in [7, 11) is 0. The molecule has 1 aliphatic carbocycles. The molecule has 96 valence electrons. The third kappa shape index (κ3) is 2.08. The number of carbonyl (C=O) groups is 1. The first-order valence-electron chi connectivity index (χ1n) is 6.26. The summed E-state index contributed by atoms with van der Waals surface area (Å²) in [5, 5.41) is 8.86. The van der Waals surface area contributed by atoms with Gasteiger partial charge in [-0.3, -0.25) is 9.69 Å². The smallest absolute Gasteiger partial charge is 0.303 e. The van der Waals surface area contributed by atoms with Gasteiger partial charge in [0.15, 0.2) is 0 Å². The van der Waals surface area contributed by atoms with Crippen molar-refractivity contribution in [2.75, 3.05) is 13.1 Å². The van der Waals surface area contributed by atoms with Crippen molar-refractivity contribution in [1.29, 1.82) is 0 Å². The quantitative estimate of drug-likeness (QED) is 0.868. The predicted octanol–water partition coefficient (Wildman–Crippen LogP) is 2.36. The summed E-state index contributed by atoms with van der Waals surface area (Å²) >= 11 is 3.76. The predicted molar refractivity (Wildman–Crippen MR) is 72.6 cm³/mol. The molecule has 1 aliphatic heterocycles. The Morgan fingerprint density at radius 1 is 1.44 bits per heavy atom. The van der Waals surface area contributed by atoms with E-state index in [2.05, 4.69) is 45.1 Å². The topological polar surface area (TPSA) is 40.5 Å². The Bertz CT molecular complexity index is 464. The molecule has 0 amide bonds. The number of carboxylic acids is 1. The third-order valence-electron chi connectivity index (χ3n) is 4.17. The zero-order valence-corrected chi connectivity index (χ0v) is 11.6. The zero-order chi connectivity index (χ0) is 12.8. The molecule has 2 fully saturated rings. The van der Waals surface area contributed by atoms with Gasteiger partial charge in [0.05, 0.1) is 0 Å². The fraction of sp³-hybridized carbons (Fsp3) is 0.500. The molecule has 3 nitrogen and oxygen atoms in total. The van der Waals surface area contributed by atoms with E-state index in [1.165, 1.54) is 5.56 Å². The Kier molecular flexibility index (Phi) is 2.94. The van der Waals surface area contributed by atoms with Gasteiger partial charge in [-0.15, -0.1) is 0 Å². The lowest BCUT2D eigenvalue weighted by Crippen LogP contribution is -2.27. The van der Waals surface area contributed by atoms with Crippen LogP contribution in [0.25, 0.3) is 0 Å². The molecule has 2 aliphatic rings. The second-order valence-electron chi connectivity index (χ2n) is 5.39. The van der Waals surface area contributed by atoms with Crippen molar-refractivity contribution >= 4 is 21.9 Å². The number of carboxylic acid groups (broad SMARTS) is 1. The van der Waals surface area contributed by atoms with Crippen LogP contribution in [0.1, 0.15) is 12.0 Å². The van der Waals surface area contributed by atoms with Crippen LogP contribution in [0.4, 0.5) is 0 Å². The number of alkyl halides is 1. The maximum Gasteiger partial charge on any atom is 0.303 e. The highest BCUT2D eigenvalue weighted by Gasteiger charge is 2.67. The number of hydrogen-bond donors (Lipinski definition) is 1. The molecule has 1 aromatic carbocycles. The third-order valence-corrected chi connectivity index (χ3v) is 5.60. The van der Waals surface area contributed by atoms with Gasteiger partial charge in [0.2, 0.25) is 0 Å². The zero-order valence-electron chi connectivity index (χ0n) is 10.1. The molecule has 0 aromatic heterocycles. The number of likely N-dealkylation sites (tertiary alicyclic amines) is 1. The van der Waals surface area contributed by atoms with Crippen molar-refractivity contribution in [2.45, 2.75) is 17.3 Å². The van der Waals surface area contributed by atoms with Crippen molar-refractivity contribution in [2.24, 2.45) is 11.8 Å². The maximum atomic E-state index is 10.8. The molecular weight excluding hydrogens is 294 g/mol. The molecular formula is C14H16BrNO2. The highest BCUT2D eigenvalue weighted by Crippen LogP contribution is 2.63. The molecule has 1 N–H and O–H groups in total. The lowest BCUT2D eigenvalue weighted by molar-refractivity contribution is -0.137. The lowest BCUT2D eigenvalue weighted by atomic mass is 10.1.